The third-order valence-electron chi connectivity index (χ3n) is 3.20. The monoisotopic (exact) mass is 260 g/mol. The van der Waals surface area contributed by atoms with Gasteiger partial charge < -0.3 is 15.6 Å². The van der Waals surface area contributed by atoms with Gasteiger partial charge in [0.1, 0.15) is 6.04 Å². The van der Waals surface area contributed by atoms with Crippen LogP contribution in [0.25, 0.3) is 10.9 Å². The first-order valence-corrected chi connectivity index (χ1v) is 6.27. The van der Waals surface area contributed by atoms with Crippen molar-refractivity contribution in [3.8, 4) is 0 Å². The van der Waals surface area contributed by atoms with Gasteiger partial charge in [0.05, 0.1) is 0 Å². The molecule has 100 valence electrons. The Labute approximate surface area is 111 Å². The van der Waals surface area contributed by atoms with E-state index < -0.39 is 0 Å². The standard InChI is InChI=1S/C14H17N3O2/c1-9(16-8-13(18)15-2)14(19)11-7-17-12-6-4-3-5-10(11)12/h3-7,9,16-17H,8H2,1-2H3,(H,15,18)/p+1/t9-/m0/s1. The van der Waals surface area contributed by atoms with Gasteiger partial charge in [-0.25, -0.2) is 0 Å². The number of nitrogens with two attached hydrogens (primary N) is 1. The topological polar surface area (TPSA) is 78.6 Å². The molecule has 0 fully saturated rings. The highest BCUT2D eigenvalue weighted by molar-refractivity contribution is 6.09. The Bertz CT molecular complexity index is 604. The number of likely N-dealkylation sites (N-methyl/N-ethyl adjacent to an activating group) is 1. The average molecular weight is 260 g/mol. The first-order chi connectivity index (χ1) is 9.13. The normalized spacial score (nSPS) is 12.3. The highest BCUT2D eigenvalue weighted by Gasteiger charge is 2.21. The summed E-state index contributed by atoms with van der Waals surface area (Å²) in [5, 5.41) is 5.20. The maximum absolute atomic E-state index is 12.3. The number of carbonyl (C=O) groups excluding carboxylic acids is 2. The van der Waals surface area contributed by atoms with Crippen LogP contribution in [0.5, 0.6) is 0 Å². The third-order valence-corrected chi connectivity index (χ3v) is 3.20. The van der Waals surface area contributed by atoms with Crippen molar-refractivity contribution >= 4 is 22.6 Å². The SMILES string of the molecule is CNC(=O)C[NH2+][C@@H](C)C(=O)c1c[nH]c2ccccc12. The minimum absolute atomic E-state index is 0.0290. The zero-order valence-electron chi connectivity index (χ0n) is 11.1. The second-order valence-corrected chi connectivity index (χ2v) is 4.51. The Kier molecular flexibility index (Phi) is 3.97. The number of rotatable bonds is 5. The number of quaternary nitrogens is 1. The molecule has 2 aromatic rings. The maximum Gasteiger partial charge on any atom is 0.274 e. The summed E-state index contributed by atoms with van der Waals surface area (Å²) in [4.78, 5) is 26.6. The van der Waals surface area contributed by atoms with Gasteiger partial charge in [0.25, 0.3) is 5.91 Å². The van der Waals surface area contributed by atoms with E-state index in [1.54, 1.807) is 18.6 Å². The maximum atomic E-state index is 12.3. The van der Waals surface area contributed by atoms with E-state index in [-0.39, 0.29) is 24.3 Å². The lowest BCUT2D eigenvalue weighted by atomic mass is 10.0. The quantitative estimate of drug-likeness (QED) is 0.664. The molecule has 4 N–H and O–H groups in total. The van der Waals surface area contributed by atoms with Crippen LogP contribution in [0.2, 0.25) is 0 Å². The van der Waals surface area contributed by atoms with E-state index in [0.29, 0.717) is 5.56 Å². The molecule has 0 aliphatic rings. The van der Waals surface area contributed by atoms with Gasteiger partial charge in [-0.05, 0) is 13.0 Å². The lowest BCUT2D eigenvalue weighted by Crippen LogP contribution is -2.92. The summed E-state index contributed by atoms with van der Waals surface area (Å²) < 4.78 is 0. The number of H-pyrrole nitrogens is 1. The van der Waals surface area contributed by atoms with Gasteiger partial charge in [0, 0.05) is 29.7 Å². The number of carbonyl (C=O) groups is 2. The van der Waals surface area contributed by atoms with E-state index >= 15 is 0 Å². The van der Waals surface area contributed by atoms with Crippen LogP contribution in [0, 0.1) is 0 Å². The first-order valence-electron chi connectivity index (χ1n) is 6.27. The van der Waals surface area contributed by atoms with Crippen molar-refractivity contribution in [3.63, 3.8) is 0 Å². The summed E-state index contributed by atoms with van der Waals surface area (Å²) in [7, 11) is 1.59. The molecule has 1 atom stereocenters. The van der Waals surface area contributed by atoms with Crippen LogP contribution >= 0.6 is 0 Å². The fourth-order valence-corrected chi connectivity index (χ4v) is 2.01. The molecule has 0 saturated heterocycles. The van der Waals surface area contributed by atoms with Crippen molar-refractivity contribution < 1.29 is 14.9 Å². The first kappa shape index (κ1) is 13.3. The molecule has 0 saturated carbocycles. The van der Waals surface area contributed by atoms with Crippen molar-refractivity contribution in [2.24, 2.45) is 0 Å². The molecular formula is C14H18N3O2+. The number of amides is 1. The highest BCUT2D eigenvalue weighted by atomic mass is 16.2. The van der Waals surface area contributed by atoms with Crippen LogP contribution in [0.15, 0.2) is 30.5 Å². The summed E-state index contributed by atoms with van der Waals surface area (Å²) in [6.07, 6.45) is 1.73. The summed E-state index contributed by atoms with van der Waals surface area (Å²) in [6, 6.07) is 7.41. The Balaban J connectivity index is 2.13. The van der Waals surface area contributed by atoms with Crippen molar-refractivity contribution in [3.05, 3.63) is 36.0 Å². The average Bonchev–Trinajstić information content (AvgIpc) is 2.87. The molecule has 1 amide bonds. The molecule has 5 nitrogen and oxygen atoms in total. The Morgan fingerprint density at radius 1 is 1.37 bits per heavy atom. The largest absolute Gasteiger partial charge is 0.360 e. The number of ketones is 1. The molecule has 2 rings (SSSR count). The molecule has 0 spiro atoms. The number of aromatic amines is 1. The van der Waals surface area contributed by atoms with Crippen molar-refractivity contribution in [1.29, 1.82) is 0 Å². The zero-order valence-corrected chi connectivity index (χ0v) is 11.1. The van der Waals surface area contributed by atoms with Gasteiger partial charge in [-0.1, -0.05) is 18.2 Å². The van der Waals surface area contributed by atoms with Crippen LogP contribution in [0.3, 0.4) is 0 Å². The molecule has 0 bridgehead atoms. The number of hydrogen-bond acceptors (Lipinski definition) is 2. The molecular weight excluding hydrogens is 242 g/mol. The molecule has 19 heavy (non-hydrogen) atoms. The number of Topliss-reactive ketones (excluding diaryl/α,β-unsaturated/α-hetero) is 1. The molecule has 5 heteroatoms. The van der Waals surface area contributed by atoms with E-state index in [1.165, 1.54) is 0 Å². The molecule has 0 aliphatic heterocycles. The van der Waals surface area contributed by atoms with Gasteiger partial charge in [-0.3, -0.25) is 9.59 Å². The van der Waals surface area contributed by atoms with Gasteiger partial charge in [0.2, 0.25) is 5.78 Å². The number of para-hydroxylation sites is 1. The van der Waals surface area contributed by atoms with Gasteiger partial charge >= 0.3 is 0 Å². The van der Waals surface area contributed by atoms with E-state index in [4.69, 9.17) is 0 Å². The highest BCUT2D eigenvalue weighted by Crippen LogP contribution is 2.18. The molecule has 0 unspecified atom stereocenters. The Hall–Kier alpha value is -2.14. The molecule has 1 heterocycles. The van der Waals surface area contributed by atoms with Crippen LogP contribution in [0.1, 0.15) is 17.3 Å². The summed E-state index contributed by atoms with van der Waals surface area (Å²) >= 11 is 0. The molecule has 1 aromatic heterocycles. The second-order valence-electron chi connectivity index (χ2n) is 4.51. The number of benzene rings is 1. The minimum Gasteiger partial charge on any atom is -0.360 e. The van der Waals surface area contributed by atoms with E-state index in [0.717, 1.165) is 10.9 Å². The molecule has 0 aliphatic carbocycles. The lowest BCUT2D eigenvalue weighted by molar-refractivity contribution is -0.661. The van der Waals surface area contributed by atoms with Crippen molar-refractivity contribution in [1.82, 2.24) is 10.3 Å². The summed E-state index contributed by atoms with van der Waals surface area (Å²) in [5.74, 6) is -0.0556. The van der Waals surface area contributed by atoms with E-state index in [1.807, 2.05) is 31.2 Å². The summed E-state index contributed by atoms with van der Waals surface area (Å²) in [5.41, 5.74) is 1.63. The summed E-state index contributed by atoms with van der Waals surface area (Å²) in [6.45, 7) is 2.07. The number of aromatic nitrogens is 1. The fourth-order valence-electron chi connectivity index (χ4n) is 2.01. The van der Waals surface area contributed by atoms with Gasteiger partial charge in [-0.15, -0.1) is 0 Å². The van der Waals surface area contributed by atoms with Crippen molar-refractivity contribution in [2.45, 2.75) is 13.0 Å². The smallest absolute Gasteiger partial charge is 0.274 e. The van der Waals surface area contributed by atoms with Gasteiger partial charge in [-0.2, -0.15) is 0 Å². The Morgan fingerprint density at radius 2 is 2.11 bits per heavy atom. The fraction of sp³-hybridized carbons (Fsp3) is 0.286. The van der Waals surface area contributed by atoms with Crippen LogP contribution in [-0.4, -0.2) is 36.3 Å². The Morgan fingerprint density at radius 3 is 2.84 bits per heavy atom. The zero-order chi connectivity index (χ0) is 13.8. The number of nitrogens with one attached hydrogen (secondary N) is 2. The van der Waals surface area contributed by atoms with E-state index in [2.05, 4.69) is 10.3 Å². The predicted molar refractivity (Wildman–Crippen MR) is 73.0 cm³/mol. The lowest BCUT2D eigenvalue weighted by Gasteiger charge is -2.08. The van der Waals surface area contributed by atoms with Gasteiger partial charge in [0.15, 0.2) is 6.54 Å². The van der Waals surface area contributed by atoms with Crippen LogP contribution in [-0.2, 0) is 4.79 Å². The van der Waals surface area contributed by atoms with Crippen molar-refractivity contribution in [2.75, 3.05) is 13.6 Å². The van der Waals surface area contributed by atoms with E-state index in [9.17, 15) is 9.59 Å². The predicted octanol–water partition coefficient (Wildman–Crippen LogP) is 0.0485. The third kappa shape index (κ3) is 2.82. The second kappa shape index (κ2) is 5.67. The molecule has 0 radical (unpaired) electrons. The number of fused-ring (bicyclic) bond motifs is 1. The minimum atomic E-state index is -0.281. The van der Waals surface area contributed by atoms with Crippen LogP contribution in [0.4, 0.5) is 0 Å². The molecule has 1 aromatic carbocycles. The number of hydrogen-bond donors (Lipinski definition) is 3. The van der Waals surface area contributed by atoms with Crippen LogP contribution < -0.4 is 10.6 Å².